The lowest BCUT2D eigenvalue weighted by atomic mass is 10.2. The molecule has 72 valence electrons. The van der Waals surface area contributed by atoms with Crippen molar-refractivity contribution in [2.45, 2.75) is 0 Å². The zero-order valence-corrected chi connectivity index (χ0v) is 7.81. The molecule has 0 aliphatic rings. The summed E-state index contributed by atoms with van der Waals surface area (Å²) in [6.45, 7) is 0. The lowest BCUT2D eigenvalue weighted by Gasteiger charge is -1.95. The van der Waals surface area contributed by atoms with E-state index in [2.05, 4.69) is 10.1 Å². The predicted octanol–water partition coefficient (Wildman–Crippen LogP) is 0.647. The standard InChI is InChI=1S/C9H11N5/c1-14-9(11)12-8(13-14)6-3-2-4-7(10)5-6/h2-5H,10H2,1H3,(H2,11,12,13). The number of hydrogen-bond donors (Lipinski definition) is 2. The molecule has 1 aromatic carbocycles. The number of aromatic nitrogens is 3. The molecule has 0 aliphatic heterocycles. The van der Waals surface area contributed by atoms with Crippen LogP contribution in [0.2, 0.25) is 0 Å². The van der Waals surface area contributed by atoms with Gasteiger partial charge in [0.1, 0.15) is 0 Å². The molecule has 0 bridgehead atoms. The van der Waals surface area contributed by atoms with Gasteiger partial charge in [-0.2, -0.15) is 4.98 Å². The predicted molar refractivity (Wildman–Crippen MR) is 55.3 cm³/mol. The van der Waals surface area contributed by atoms with Gasteiger partial charge < -0.3 is 11.5 Å². The van der Waals surface area contributed by atoms with Gasteiger partial charge in [0.15, 0.2) is 5.82 Å². The molecule has 0 radical (unpaired) electrons. The molecular weight excluding hydrogens is 178 g/mol. The van der Waals surface area contributed by atoms with E-state index in [4.69, 9.17) is 11.5 Å². The van der Waals surface area contributed by atoms with Crippen LogP contribution in [0.3, 0.4) is 0 Å². The molecule has 2 rings (SSSR count). The van der Waals surface area contributed by atoms with E-state index in [0.717, 1.165) is 5.56 Å². The van der Waals surface area contributed by atoms with Crippen LogP contribution in [0.5, 0.6) is 0 Å². The molecule has 0 fully saturated rings. The van der Waals surface area contributed by atoms with Crippen LogP contribution in [-0.4, -0.2) is 14.8 Å². The van der Waals surface area contributed by atoms with Gasteiger partial charge in [-0.05, 0) is 12.1 Å². The van der Waals surface area contributed by atoms with E-state index in [1.54, 1.807) is 7.05 Å². The molecule has 1 heterocycles. The minimum Gasteiger partial charge on any atom is -0.399 e. The van der Waals surface area contributed by atoms with Crippen molar-refractivity contribution in [3.05, 3.63) is 24.3 Å². The summed E-state index contributed by atoms with van der Waals surface area (Å²) in [5.41, 5.74) is 12.8. The van der Waals surface area contributed by atoms with Gasteiger partial charge in [0, 0.05) is 18.3 Å². The first-order valence-corrected chi connectivity index (χ1v) is 4.19. The third-order valence-electron chi connectivity index (χ3n) is 1.94. The van der Waals surface area contributed by atoms with Gasteiger partial charge in [0.2, 0.25) is 5.95 Å². The van der Waals surface area contributed by atoms with E-state index in [0.29, 0.717) is 17.5 Å². The van der Waals surface area contributed by atoms with E-state index >= 15 is 0 Å². The quantitative estimate of drug-likeness (QED) is 0.645. The van der Waals surface area contributed by atoms with E-state index in [1.165, 1.54) is 4.68 Å². The SMILES string of the molecule is Cn1nc(-c2cccc(N)c2)nc1N. The second kappa shape index (κ2) is 3.02. The van der Waals surface area contributed by atoms with Crippen molar-refractivity contribution < 1.29 is 0 Å². The van der Waals surface area contributed by atoms with Crippen LogP contribution in [-0.2, 0) is 7.05 Å². The van der Waals surface area contributed by atoms with Gasteiger partial charge in [-0.25, -0.2) is 4.68 Å². The Morgan fingerprint density at radius 3 is 2.64 bits per heavy atom. The zero-order valence-electron chi connectivity index (χ0n) is 7.81. The second-order valence-electron chi connectivity index (χ2n) is 3.04. The summed E-state index contributed by atoms with van der Waals surface area (Å²) in [6.07, 6.45) is 0. The smallest absolute Gasteiger partial charge is 0.218 e. The van der Waals surface area contributed by atoms with Crippen molar-refractivity contribution in [1.82, 2.24) is 14.8 Å². The highest BCUT2D eigenvalue weighted by atomic mass is 15.4. The molecule has 14 heavy (non-hydrogen) atoms. The zero-order chi connectivity index (χ0) is 10.1. The van der Waals surface area contributed by atoms with Crippen LogP contribution in [0.4, 0.5) is 11.6 Å². The number of nitrogen functional groups attached to an aromatic ring is 2. The van der Waals surface area contributed by atoms with Gasteiger partial charge >= 0.3 is 0 Å². The molecule has 0 unspecified atom stereocenters. The molecule has 2 aromatic rings. The van der Waals surface area contributed by atoms with Gasteiger partial charge in [-0.3, -0.25) is 0 Å². The first kappa shape index (κ1) is 8.55. The largest absolute Gasteiger partial charge is 0.399 e. The Balaban J connectivity index is 2.49. The third kappa shape index (κ3) is 1.39. The Morgan fingerprint density at radius 2 is 2.07 bits per heavy atom. The number of anilines is 2. The average molecular weight is 189 g/mol. The number of nitrogens with two attached hydrogens (primary N) is 2. The summed E-state index contributed by atoms with van der Waals surface area (Å²) in [6, 6.07) is 7.38. The van der Waals surface area contributed by atoms with Crippen LogP contribution in [0.25, 0.3) is 11.4 Å². The highest BCUT2D eigenvalue weighted by Crippen LogP contribution is 2.18. The van der Waals surface area contributed by atoms with Gasteiger partial charge in [0.25, 0.3) is 0 Å². The van der Waals surface area contributed by atoms with Crippen LogP contribution in [0.1, 0.15) is 0 Å². The molecule has 0 aliphatic carbocycles. The van der Waals surface area contributed by atoms with Gasteiger partial charge in [-0.15, -0.1) is 5.10 Å². The maximum absolute atomic E-state index is 5.65. The summed E-state index contributed by atoms with van der Waals surface area (Å²) in [5, 5.41) is 4.15. The molecular formula is C9H11N5. The lowest BCUT2D eigenvalue weighted by molar-refractivity contribution is 0.781. The maximum Gasteiger partial charge on any atom is 0.218 e. The van der Waals surface area contributed by atoms with Crippen molar-refractivity contribution in [2.24, 2.45) is 7.05 Å². The number of nitrogens with zero attached hydrogens (tertiary/aromatic N) is 3. The van der Waals surface area contributed by atoms with Gasteiger partial charge in [0.05, 0.1) is 0 Å². The van der Waals surface area contributed by atoms with Crippen LogP contribution in [0, 0.1) is 0 Å². The van der Waals surface area contributed by atoms with Crippen LogP contribution >= 0.6 is 0 Å². The Hall–Kier alpha value is -2.04. The van der Waals surface area contributed by atoms with E-state index in [-0.39, 0.29) is 0 Å². The van der Waals surface area contributed by atoms with E-state index < -0.39 is 0 Å². The van der Waals surface area contributed by atoms with Crippen molar-refractivity contribution in [2.75, 3.05) is 11.5 Å². The van der Waals surface area contributed by atoms with E-state index in [1.807, 2.05) is 24.3 Å². The normalized spacial score (nSPS) is 10.4. The molecule has 5 heteroatoms. The van der Waals surface area contributed by atoms with Crippen molar-refractivity contribution in [3.8, 4) is 11.4 Å². The highest BCUT2D eigenvalue weighted by Gasteiger charge is 2.05. The number of aryl methyl sites for hydroxylation is 1. The molecule has 0 amide bonds. The second-order valence-corrected chi connectivity index (χ2v) is 3.04. The molecule has 0 saturated heterocycles. The fraction of sp³-hybridized carbons (Fsp3) is 0.111. The molecule has 0 spiro atoms. The minimum atomic E-state index is 0.391. The van der Waals surface area contributed by atoms with Crippen LogP contribution < -0.4 is 11.5 Å². The summed E-state index contributed by atoms with van der Waals surface area (Å²) in [4.78, 5) is 4.10. The molecule has 0 atom stereocenters. The fourth-order valence-electron chi connectivity index (χ4n) is 1.20. The van der Waals surface area contributed by atoms with Crippen molar-refractivity contribution >= 4 is 11.6 Å². The number of benzene rings is 1. The summed E-state index contributed by atoms with van der Waals surface area (Å²) in [5.74, 6) is 0.986. The Kier molecular flexibility index (Phi) is 1.85. The lowest BCUT2D eigenvalue weighted by Crippen LogP contribution is -1.97. The first-order valence-electron chi connectivity index (χ1n) is 4.19. The minimum absolute atomic E-state index is 0.391. The highest BCUT2D eigenvalue weighted by molar-refractivity contribution is 5.61. The molecule has 5 nitrogen and oxygen atoms in total. The number of hydrogen-bond acceptors (Lipinski definition) is 4. The maximum atomic E-state index is 5.65. The third-order valence-corrected chi connectivity index (χ3v) is 1.94. The van der Waals surface area contributed by atoms with Crippen molar-refractivity contribution in [1.29, 1.82) is 0 Å². The molecule has 4 N–H and O–H groups in total. The molecule has 0 saturated carbocycles. The van der Waals surface area contributed by atoms with Crippen LogP contribution in [0.15, 0.2) is 24.3 Å². The summed E-state index contributed by atoms with van der Waals surface area (Å²) < 4.78 is 1.53. The monoisotopic (exact) mass is 189 g/mol. The number of rotatable bonds is 1. The Bertz CT molecular complexity index is 440. The Labute approximate surface area is 81.4 Å². The topological polar surface area (TPSA) is 82.8 Å². The molecule has 1 aromatic heterocycles. The summed E-state index contributed by atoms with van der Waals surface area (Å²) in [7, 11) is 1.75. The first-order chi connectivity index (χ1) is 6.66. The van der Waals surface area contributed by atoms with Gasteiger partial charge in [-0.1, -0.05) is 12.1 Å². The average Bonchev–Trinajstić information content (AvgIpc) is 2.47. The van der Waals surface area contributed by atoms with E-state index in [9.17, 15) is 0 Å². The fourth-order valence-corrected chi connectivity index (χ4v) is 1.20. The Morgan fingerprint density at radius 1 is 1.29 bits per heavy atom. The van der Waals surface area contributed by atoms with Crippen molar-refractivity contribution in [3.63, 3.8) is 0 Å². The summed E-state index contributed by atoms with van der Waals surface area (Å²) >= 11 is 0.